The van der Waals surface area contributed by atoms with Gasteiger partial charge >= 0.3 is 6.18 Å². The van der Waals surface area contributed by atoms with E-state index in [0.717, 1.165) is 18.2 Å². The van der Waals surface area contributed by atoms with Crippen LogP contribution in [-0.2, 0) is 22.3 Å². The molecule has 9 heteroatoms. The van der Waals surface area contributed by atoms with Crippen molar-refractivity contribution >= 4 is 28.5 Å². The maximum atomic E-state index is 14.0. The molecular formula is C14H11F4IN2O2. The molecule has 1 fully saturated rings. The van der Waals surface area contributed by atoms with Crippen molar-refractivity contribution < 1.29 is 27.1 Å². The topological polar surface area (TPSA) is 44.9 Å². The zero-order valence-corrected chi connectivity index (χ0v) is 13.9. The number of fused-ring (bicyclic) bond motifs is 1. The summed E-state index contributed by atoms with van der Waals surface area (Å²) < 4.78 is 58.9. The van der Waals surface area contributed by atoms with Crippen LogP contribution in [-0.4, -0.2) is 23.3 Å². The zero-order chi connectivity index (χ0) is 16.9. The third kappa shape index (κ3) is 3.03. The van der Waals surface area contributed by atoms with E-state index in [1.165, 1.54) is 4.90 Å². The third-order valence-corrected chi connectivity index (χ3v) is 5.02. The number of ether oxygens (including phenoxy) is 1. The number of hydrogen-bond donors (Lipinski definition) is 1. The summed E-state index contributed by atoms with van der Waals surface area (Å²) in [5, 5.41) is 2.59. The number of benzene rings is 1. The van der Waals surface area contributed by atoms with Crippen molar-refractivity contribution in [2.75, 3.05) is 0 Å². The van der Waals surface area contributed by atoms with E-state index in [-0.39, 0.29) is 12.5 Å². The van der Waals surface area contributed by atoms with Crippen molar-refractivity contribution in [1.29, 1.82) is 0 Å². The maximum Gasteiger partial charge on any atom is 0.416 e. The minimum atomic E-state index is -4.66. The van der Waals surface area contributed by atoms with Gasteiger partial charge in [0.15, 0.2) is 12.5 Å². The van der Waals surface area contributed by atoms with Crippen LogP contribution in [0.1, 0.15) is 18.1 Å². The highest BCUT2D eigenvalue weighted by atomic mass is 127. The Morgan fingerprint density at radius 3 is 2.74 bits per heavy atom. The van der Waals surface area contributed by atoms with Crippen LogP contribution in [0.2, 0.25) is 0 Å². The minimum Gasteiger partial charge on any atom is -0.340 e. The van der Waals surface area contributed by atoms with Crippen molar-refractivity contribution in [3.05, 3.63) is 44.4 Å². The highest BCUT2D eigenvalue weighted by Crippen LogP contribution is 2.38. The quantitative estimate of drug-likeness (QED) is 0.435. The lowest BCUT2D eigenvalue weighted by molar-refractivity contribution is -0.138. The second kappa shape index (κ2) is 5.62. The zero-order valence-electron chi connectivity index (χ0n) is 11.7. The van der Waals surface area contributed by atoms with Crippen LogP contribution in [0.15, 0.2) is 27.5 Å². The molecule has 4 nitrogen and oxygen atoms in total. The molecule has 124 valence electrons. The molecule has 1 saturated heterocycles. The Balaban J connectivity index is 2.01. The second-order valence-corrected chi connectivity index (χ2v) is 6.29. The smallest absolute Gasteiger partial charge is 0.340 e. The molecule has 0 aromatic heterocycles. The van der Waals surface area contributed by atoms with Gasteiger partial charge in [-0.2, -0.15) is 13.2 Å². The minimum absolute atomic E-state index is 0.336. The van der Waals surface area contributed by atoms with E-state index in [4.69, 9.17) is 4.74 Å². The summed E-state index contributed by atoms with van der Waals surface area (Å²) in [7, 11) is 0. The van der Waals surface area contributed by atoms with Crippen molar-refractivity contribution in [2.45, 2.75) is 32.1 Å². The van der Waals surface area contributed by atoms with E-state index in [0.29, 0.717) is 9.28 Å². The number of nitrogens with zero attached hydrogens (tertiary/aromatic N) is 1. The van der Waals surface area contributed by atoms with Gasteiger partial charge in [0.2, 0.25) is 0 Å². The molecule has 23 heavy (non-hydrogen) atoms. The fourth-order valence-electron chi connectivity index (χ4n) is 2.48. The summed E-state index contributed by atoms with van der Waals surface area (Å²) in [6.45, 7) is 1.26. The molecule has 1 N–H and O–H groups in total. The van der Waals surface area contributed by atoms with Crippen molar-refractivity contribution in [1.82, 2.24) is 10.2 Å². The van der Waals surface area contributed by atoms with Crippen molar-refractivity contribution in [3.63, 3.8) is 0 Å². The first kappa shape index (κ1) is 16.5. The summed E-state index contributed by atoms with van der Waals surface area (Å²) in [5.74, 6) is -1.30. The number of nitrogens with one attached hydrogen (secondary N) is 1. The molecule has 0 radical (unpaired) electrons. The lowest BCUT2D eigenvalue weighted by Crippen LogP contribution is -2.30. The van der Waals surface area contributed by atoms with Gasteiger partial charge in [-0.15, -0.1) is 0 Å². The van der Waals surface area contributed by atoms with Crippen LogP contribution in [0.4, 0.5) is 17.6 Å². The predicted molar refractivity (Wildman–Crippen MR) is 80.5 cm³/mol. The van der Waals surface area contributed by atoms with E-state index >= 15 is 0 Å². The SMILES string of the molecule is CC1=C(I)C(=O)NC2OC2N1Cc1c(F)cccc1C(F)(F)F. The number of carbonyl (C=O) groups is 1. The Morgan fingerprint density at radius 1 is 1.39 bits per heavy atom. The van der Waals surface area contributed by atoms with Crippen LogP contribution >= 0.6 is 22.6 Å². The summed E-state index contributed by atoms with van der Waals surface area (Å²) in [5.41, 5.74) is -1.04. The number of allylic oxidation sites excluding steroid dienone is 1. The Bertz CT molecular complexity index is 705. The fraction of sp³-hybridized carbons (Fsp3) is 0.357. The van der Waals surface area contributed by atoms with E-state index in [9.17, 15) is 22.4 Å². The lowest BCUT2D eigenvalue weighted by atomic mass is 10.1. The van der Waals surface area contributed by atoms with Gasteiger partial charge in [-0.05, 0) is 41.6 Å². The van der Waals surface area contributed by atoms with Gasteiger partial charge in [-0.25, -0.2) is 4.39 Å². The van der Waals surface area contributed by atoms with Crippen LogP contribution in [0.25, 0.3) is 0 Å². The largest absolute Gasteiger partial charge is 0.416 e. The van der Waals surface area contributed by atoms with Crippen molar-refractivity contribution in [3.8, 4) is 0 Å². The predicted octanol–water partition coefficient (Wildman–Crippen LogP) is 3.13. The molecule has 2 atom stereocenters. The number of halogens is 5. The molecular weight excluding hydrogens is 431 g/mol. The Hall–Kier alpha value is -1.36. The summed E-state index contributed by atoms with van der Waals surface area (Å²) in [6, 6.07) is 2.86. The van der Waals surface area contributed by atoms with E-state index in [2.05, 4.69) is 5.32 Å². The van der Waals surface area contributed by atoms with E-state index < -0.39 is 35.6 Å². The Kier molecular flexibility index (Phi) is 4.03. The number of carbonyl (C=O) groups excluding carboxylic acids is 1. The normalized spacial score (nSPS) is 24.3. The summed E-state index contributed by atoms with van der Waals surface area (Å²) in [6.07, 6.45) is -5.84. The van der Waals surface area contributed by atoms with Crippen LogP contribution in [0.3, 0.4) is 0 Å². The first-order chi connectivity index (χ1) is 10.7. The molecule has 1 aromatic carbocycles. The summed E-state index contributed by atoms with van der Waals surface area (Å²) in [4.78, 5) is 13.3. The molecule has 1 amide bonds. The first-order valence-electron chi connectivity index (χ1n) is 6.64. The average Bonchev–Trinajstić information content (AvgIpc) is 3.22. The van der Waals surface area contributed by atoms with Gasteiger partial charge in [-0.1, -0.05) is 6.07 Å². The first-order valence-corrected chi connectivity index (χ1v) is 7.72. The lowest BCUT2D eigenvalue weighted by Gasteiger charge is -2.25. The Labute approximate surface area is 142 Å². The molecule has 2 heterocycles. The molecule has 0 aliphatic carbocycles. The molecule has 2 aliphatic rings. The molecule has 1 aromatic rings. The van der Waals surface area contributed by atoms with Crippen LogP contribution in [0, 0.1) is 5.82 Å². The monoisotopic (exact) mass is 442 g/mol. The highest BCUT2D eigenvalue weighted by Gasteiger charge is 2.49. The second-order valence-electron chi connectivity index (χ2n) is 5.21. The number of alkyl halides is 3. The molecule has 2 aliphatic heterocycles. The van der Waals surface area contributed by atoms with Gasteiger partial charge in [-0.3, -0.25) is 4.79 Å². The van der Waals surface area contributed by atoms with E-state index in [1.54, 1.807) is 6.92 Å². The van der Waals surface area contributed by atoms with Gasteiger partial charge in [0.25, 0.3) is 5.91 Å². The number of rotatable bonds is 2. The molecule has 3 rings (SSSR count). The van der Waals surface area contributed by atoms with E-state index in [1.807, 2.05) is 22.6 Å². The van der Waals surface area contributed by atoms with Gasteiger partial charge < -0.3 is 15.0 Å². The number of epoxide rings is 1. The van der Waals surface area contributed by atoms with Crippen LogP contribution < -0.4 is 5.32 Å². The van der Waals surface area contributed by atoms with Gasteiger partial charge in [0, 0.05) is 17.8 Å². The van der Waals surface area contributed by atoms with Crippen molar-refractivity contribution in [2.24, 2.45) is 0 Å². The third-order valence-electron chi connectivity index (χ3n) is 3.75. The molecule has 0 bridgehead atoms. The number of hydrogen-bond acceptors (Lipinski definition) is 3. The maximum absolute atomic E-state index is 14.0. The highest BCUT2D eigenvalue weighted by molar-refractivity contribution is 14.1. The average molecular weight is 442 g/mol. The van der Waals surface area contributed by atoms with Gasteiger partial charge in [0.05, 0.1) is 9.14 Å². The summed E-state index contributed by atoms with van der Waals surface area (Å²) >= 11 is 1.81. The molecule has 0 spiro atoms. The van der Waals surface area contributed by atoms with Gasteiger partial charge in [0.1, 0.15) is 5.82 Å². The standard InChI is InChI=1S/C14H11F4IN2O2/c1-6-10(19)11(22)20-12-13(23-12)21(6)5-7-8(14(16,17)18)3-2-4-9(7)15/h2-4,12-13H,5H2,1H3,(H,20,22). The molecule has 0 saturated carbocycles. The number of amides is 1. The Morgan fingerprint density at radius 2 is 2.09 bits per heavy atom. The fourth-order valence-corrected chi connectivity index (χ4v) is 2.95. The molecule has 2 unspecified atom stereocenters. The van der Waals surface area contributed by atoms with Crippen LogP contribution in [0.5, 0.6) is 0 Å².